The molecule has 39 heavy (non-hydrogen) atoms. The molecule has 9 nitrogen and oxygen atoms in total. The standard InChI is InChI=1S/C30H48N2O7/c1-22-28-29(34)26-7-6-24(18-27(26)30(22,2)8-9-32(28)20-23-4-5-23)31-19-25(33)21-39-17-16-38-15-14-37-13-12-36-11-10-35-3/h6-7,18,22-23,25,28,31,33H,4-5,8-17,19-21H2,1-3H3/t22-,25?,28?,30+/m0/s1. The summed E-state index contributed by atoms with van der Waals surface area (Å²) < 4.78 is 26.7. The second kappa shape index (κ2) is 14.9. The van der Waals surface area contributed by atoms with Gasteiger partial charge in [0, 0.05) is 31.5 Å². The largest absolute Gasteiger partial charge is 0.389 e. The van der Waals surface area contributed by atoms with Crippen LogP contribution in [0.15, 0.2) is 18.2 Å². The van der Waals surface area contributed by atoms with Gasteiger partial charge in [-0.2, -0.15) is 0 Å². The molecule has 1 aromatic carbocycles. The van der Waals surface area contributed by atoms with Crippen LogP contribution in [0.2, 0.25) is 0 Å². The number of carbonyl (C=O) groups is 1. The van der Waals surface area contributed by atoms with Crippen LogP contribution >= 0.6 is 0 Å². The van der Waals surface area contributed by atoms with Crippen molar-refractivity contribution < 1.29 is 33.6 Å². The fraction of sp³-hybridized carbons (Fsp3) is 0.767. The Labute approximate surface area is 233 Å². The fourth-order valence-corrected chi connectivity index (χ4v) is 5.83. The van der Waals surface area contributed by atoms with Crippen molar-refractivity contribution in [3.63, 3.8) is 0 Å². The van der Waals surface area contributed by atoms with Crippen molar-refractivity contribution >= 4 is 11.5 Å². The Hall–Kier alpha value is -1.59. The molecule has 1 aromatic rings. The Kier molecular flexibility index (Phi) is 11.6. The van der Waals surface area contributed by atoms with Crippen LogP contribution < -0.4 is 5.32 Å². The summed E-state index contributed by atoms with van der Waals surface area (Å²) in [4.78, 5) is 16.0. The van der Waals surface area contributed by atoms with Crippen molar-refractivity contribution in [2.45, 2.75) is 50.7 Å². The molecule has 1 saturated heterocycles. The number of rotatable bonds is 19. The molecule has 3 aliphatic rings. The smallest absolute Gasteiger partial charge is 0.180 e. The highest BCUT2D eigenvalue weighted by Gasteiger charge is 2.52. The summed E-state index contributed by atoms with van der Waals surface area (Å²) in [6, 6.07) is 6.07. The number of Topliss-reactive ketones (excluding diaryl/α,β-unsaturated/α-hetero) is 1. The molecule has 0 aromatic heterocycles. The highest BCUT2D eigenvalue weighted by atomic mass is 16.6. The van der Waals surface area contributed by atoms with E-state index in [1.165, 1.54) is 12.8 Å². The van der Waals surface area contributed by atoms with Gasteiger partial charge in [-0.05, 0) is 66.8 Å². The zero-order valence-electron chi connectivity index (χ0n) is 24.0. The molecular weight excluding hydrogens is 500 g/mol. The van der Waals surface area contributed by atoms with Gasteiger partial charge in [-0.15, -0.1) is 0 Å². The van der Waals surface area contributed by atoms with E-state index in [0.29, 0.717) is 59.4 Å². The van der Waals surface area contributed by atoms with E-state index in [0.717, 1.165) is 42.2 Å². The fourth-order valence-electron chi connectivity index (χ4n) is 5.83. The monoisotopic (exact) mass is 548 g/mol. The van der Waals surface area contributed by atoms with Crippen LogP contribution in [0.5, 0.6) is 0 Å². The van der Waals surface area contributed by atoms with E-state index < -0.39 is 6.10 Å². The first kappa shape index (κ1) is 30.4. The summed E-state index contributed by atoms with van der Waals surface area (Å²) in [5.41, 5.74) is 2.94. The number of ketones is 1. The van der Waals surface area contributed by atoms with E-state index in [-0.39, 0.29) is 29.8 Å². The number of likely N-dealkylation sites (tertiary alicyclic amines) is 1. The molecule has 4 atom stereocenters. The number of nitrogens with zero attached hydrogens (tertiary/aromatic N) is 1. The molecule has 1 aliphatic heterocycles. The van der Waals surface area contributed by atoms with Crippen LogP contribution in [0.25, 0.3) is 0 Å². The van der Waals surface area contributed by atoms with Gasteiger partial charge in [-0.25, -0.2) is 0 Å². The maximum Gasteiger partial charge on any atom is 0.180 e. The Morgan fingerprint density at radius 3 is 2.31 bits per heavy atom. The molecule has 2 N–H and O–H groups in total. The number of methoxy groups -OCH3 is 1. The predicted octanol–water partition coefficient (Wildman–Crippen LogP) is 2.75. The number of carbonyl (C=O) groups excluding carboxylic acids is 1. The van der Waals surface area contributed by atoms with Crippen molar-refractivity contribution in [2.75, 3.05) is 91.5 Å². The molecule has 1 heterocycles. The van der Waals surface area contributed by atoms with Crippen LogP contribution in [0, 0.1) is 11.8 Å². The summed E-state index contributed by atoms with van der Waals surface area (Å²) in [5.74, 6) is 1.34. The summed E-state index contributed by atoms with van der Waals surface area (Å²) >= 11 is 0. The zero-order valence-corrected chi connectivity index (χ0v) is 24.0. The minimum atomic E-state index is -0.645. The third-order valence-electron chi connectivity index (χ3n) is 8.55. The van der Waals surface area contributed by atoms with E-state index in [4.69, 9.17) is 23.7 Å². The van der Waals surface area contributed by atoms with Gasteiger partial charge in [0.1, 0.15) is 0 Å². The average molecular weight is 549 g/mol. The maximum atomic E-state index is 13.5. The third kappa shape index (κ3) is 8.22. The number of aliphatic hydroxyl groups excluding tert-OH is 1. The van der Waals surface area contributed by atoms with Crippen molar-refractivity contribution in [1.29, 1.82) is 0 Å². The van der Waals surface area contributed by atoms with Crippen molar-refractivity contribution in [1.82, 2.24) is 4.90 Å². The van der Waals surface area contributed by atoms with Gasteiger partial charge < -0.3 is 34.1 Å². The second-order valence-corrected chi connectivity index (χ2v) is 11.4. The summed E-state index contributed by atoms with van der Waals surface area (Å²) in [7, 11) is 1.64. The van der Waals surface area contributed by atoms with E-state index in [1.54, 1.807) is 7.11 Å². The molecule has 2 bridgehead atoms. The quantitative estimate of drug-likeness (QED) is 0.253. The first-order valence-corrected chi connectivity index (χ1v) is 14.6. The molecule has 0 spiro atoms. The number of nitrogens with one attached hydrogen (secondary N) is 1. The number of aliphatic hydroxyl groups is 1. The number of anilines is 1. The lowest BCUT2D eigenvalue weighted by atomic mass is 9.58. The van der Waals surface area contributed by atoms with Gasteiger partial charge in [0.2, 0.25) is 0 Å². The molecule has 2 unspecified atom stereocenters. The van der Waals surface area contributed by atoms with E-state index in [2.05, 4.69) is 30.1 Å². The van der Waals surface area contributed by atoms with Gasteiger partial charge in [0.15, 0.2) is 5.78 Å². The lowest BCUT2D eigenvalue weighted by molar-refractivity contribution is -0.0178. The number of benzene rings is 1. The van der Waals surface area contributed by atoms with E-state index in [1.807, 2.05) is 12.1 Å². The van der Waals surface area contributed by atoms with Crippen molar-refractivity contribution in [3.05, 3.63) is 29.3 Å². The Morgan fingerprint density at radius 2 is 1.67 bits per heavy atom. The number of piperidine rings is 1. The third-order valence-corrected chi connectivity index (χ3v) is 8.55. The first-order chi connectivity index (χ1) is 18.9. The van der Waals surface area contributed by atoms with Crippen LogP contribution in [0.4, 0.5) is 5.69 Å². The van der Waals surface area contributed by atoms with E-state index in [9.17, 15) is 9.90 Å². The lowest BCUT2D eigenvalue weighted by Crippen LogP contribution is -2.61. The van der Waals surface area contributed by atoms with Gasteiger partial charge in [-0.3, -0.25) is 9.69 Å². The number of hydrogen-bond acceptors (Lipinski definition) is 9. The highest BCUT2D eigenvalue weighted by Crippen LogP contribution is 2.49. The first-order valence-electron chi connectivity index (χ1n) is 14.6. The molecule has 2 fully saturated rings. The summed E-state index contributed by atoms with van der Waals surface area (Å²) in [5, 5.41) is 13.7. The normalized spacial score (nSPS) is 25.5. The van der Waals surface area contributed by atoms with Gasteiger partial charge in [-0.1, -0.05) is 13.8 Å². The number of hydrogen-bond donors (Lipinski definition) is 2. The molecule has 0 amide bonds. The minimum Gasteiger partial charge on any atom is -0.389 e. The summed E-state index contributed by atoms with van der Waals surface area (Å²) in [6.45, 7) is 11.3. The molecule has 220 valence electrons. The minimum absolute atomic E-state index is 0.00280. The van der Waals surface area contributed by atoms with Crippen LogP contribution in [0.1, 0.15) is 49.0 Å². The van der Waals surface area contributed by atoms with Gasteiger partial charge in [0.05, 0.1) is 71.6 Å². The maximum absolute atomic E-state index is 13.5. The Bertz CT molecular complexity index is 911. The van der Waals surface area contributed by atoms with Gasteiger partial charge in [0.25, 0.3) is 0 Å². The zero-order chi connectivity index (χ0) is 27.7. The SMILES string of the molecule is COCCOCCOCCOCCOCC(O)CNc1ccc2c(c1)[C@]1(C)CCN(CC3CC3)C(C2=O)[C@@H]1C. The van der Waals surface area contributed by atoms with Crippen LogP contribution in [-0.4, -0.2) is 114 Å². The second-order valence-electron chi connectivity index (χ2n) is 11.4. The predicted molar refractivity (Wildman–Crippen MR) is 150 cm³/mol. The molecular formula is C30H48N2O7. The molecule has 2 aliphatic carbocycles. The van der Waals surface area contributed by atoms with Crippen LogP contribution in [-0.2, 0) is 29.1 Å². The number of fused-ring (bicyclic) bond motifs is 4. The Morgan fingerprint density at radius 1 is 1.03 bits per heavy atom. The van der Waals surface area contributed by atoms with Gasteiger partial charge >= 0.3 is 0 Å². The topological polar surface area (TPSA) is 98.7 Å². The number of ether oxygens (including phenoxy) is 5. The molecule has 0 radical (unpaired) electrons. The Balaban J connectivity index is 1.13. The van der Waals surface area contributed by atoms with E-state index >= 15 is 0 Å². The van der Waals surface area contributed by atoms with Crippen LogP contribution in [0.3, 0.4) is 0 Å². The molecule has 1 saturated carbocycles. The lowest BCUT2D eigenvalue weighted by Gasteiger charge is -2.53. The summed E-state index contributed by atoms with van der Waals surface area (Å²) in [6.07, 6.45) is 3.03. The highest BCUT2D eigenvalue weighted by molar-refractivity contribution is 6.04. The van der Waals surface area contributed by atoms with Crippen molar-refractivity contribution in [3.8, 4) is 0 Å². The molecule has 9 heteroatoms. The molecule has 4 rings (SSSR count). The average Bonchev–Trinajstić information content (AvgIpc) is 3.75. The van der Waals surface area contributed by atoms with Crippen molar-refractivity contribution in [2.24, 2.45) is 11.8 Å².